The lowest BCUT2D eigenvalue weighted by Gasteiger charge is -2.49. The molecule has 0 radical (unpaired) electrons. The highest BCUT2D eigenvalue weighted by Crippen LogP contribution is 2.44. The predicted octanol–water partition coefficient (Wildman–Crippen LogP) is 5.20. The zero-order valence-corrected chi connectivity index (χ0v) is 16.6. The molecule has 2 nitrogen and oxygen atoms in total. The minimum Gasteiger partial charge on any atom is -0.401 e. The first-order valence-corrected chi connectivity index (χ1v) is 10.2. The lowest BCUT2D eigenvalue weighted by Crippen LogP contribution is -2.57. The van der Waals surface area contributed by atoms with Crippen LogP contribution in [0.5, 0.6) is 0 Å². The first-order chi connectivity index (χ1) is 13.7. The topological polar surface area (TPSA) is 18.5 Å². The molecule has 4 rings (SSSR count). The van der Waals surface area contributed by atoms with E-state index in [-0.39, 0.29) is 24.7 Å². The highest BCUT2D eigenvalue weighted by Gasteiger charge is 2.49. The van der Waals surface area contributed by atoms with Gasteiger partial charge in [-0.25, -0.2) is 0 Å². The van der Waals surface area contributed by atoms with Crippen molar-refractivity contribution in [3.05, 3.63) is 102 Å². The van der Waals surface area contributed by atoms with Crippen LogP contribution in [0.1, 0.15) is 37.5 Å². The van der Waals surface area contributed by atoms with Gasteiger partial charge in [-0.2, -0.15) is 0 Å². The SMILES string of the molecule is CC[C@]1(Cc2ccccc2)OB(c2ccccc2)O[C@H](c2ccccc2)[C@@H]1C. The van der Waals surface area contributed by atoms with Crippen LogP contribution in [0, 0.1) is 5.92 Å². The number of rotatable bonds is 5. The molecule has 0 N–H and O–H groups in total. The Balaban J connectivity index is 1.74. The normalized spacial score (nSPS) is 24.9. The standard InChI is InChI=1S/C25H27BO2/c1-3-25(19-21-13-7-4-8-14-21)20(2)24(22-15-9-5-10-16-22)27-26(28-25)23-17-11-6-12-18-23/h4-18,20,24H,3,19H2,1-2H3/t20-,24-,25+/m0/s1. The molecule has 1 aliphatic rings. The largest absolute Gasteiger partial charge is 0.494 e. The molecule has 0 saturated carbocycles. The molecular formula is C25H27BO2. The third-order valence-corrected chi connectivity index (χ3v) is 6.04. The van der Waals surface area contributed by atoms with Crippen molar-refractivity contribution >= 4 is 12.6 Å². The molecule has 3 heteroatoms. The Kier molecular flexibility index (Phi) is 5.65. The van der Waals surface area contributed by atoms with Crippen molar-refractivity contribution in [1.29, 1.82) is 0 Å². The van der Waals surface area contributed by atoms with Crippen molar-refractivity contribution in [2.24, 2.45) is 5.92 Å². The fourth-order valence-electron chi connectivity index (χ4n) is 4.32. The maximum Gasteiger partial charge on any atom is 0.494 e. The van der Waals surface area contributed by atoms with Crippen molar-refractivity contribution in [2.75, 3.05) is 0 Å². The Labute approximate surface area is 168 Å². The molecule has 0 amide bonds. The lowest BCUT2D eigenvalue weighted by molar-refractivity contribution is -0.104. The molecule has 0 bridgehead atoms. The van der Waals surface area contributed by atoms with Gasteiger partial charge >= 0.3 is 7.12 Å². The fraction of sp³-hybridized carbons (Fsp3) is 0.280. The molecule has 0 spiro atoms. The van der Waals surface area contributed by atoms with Gasteiger partial charge in [-0.15, -0.1) is 0 Å². The molecule has 1 aliphatic heterocycles. The van der Waals surface area contributed by atoms with E-state index in [1.807, 2.05) is 18.2 Å². The first kappa shape index (κ1) is 19.0. The van der Waals surface area contributed by atoms with E-state index in [4.69, 9.17) is 9.31 Å². The molecule has 3 aromatic carbocycles. The van der Waals surface area contributed by atoms with Crippen LogP contribution in [-0.4, -0.2) is 12.7 Å². The van der Waals surface area contributed by atoms with Gasteiger partial charge in [-0.3, -0.25) is 0 Å². The predicted molar refractivity (Wildman–Crippen MR) is 116 cm³/mol. The molecular weight excluding hydrogens is 343 g/mol. The molecule has 3 aromatic rings. The van der Waals surface area contributed by atoms with Crippen LogP contribution < -0.4 is 5.46 Å². The second kappa shape index (κ2) is 8.34. The summed E-state index contributed by atoms with van der Waals surface area (Å²) in [5.74, 6) is 0.222. The van der Waals surface area contributed by atoms with Gasteiger partial charge in [0.05, 0.1) is 11.7 Å². The van der Waals surface area contributed by atoms with E-state index in [0.29, 0.717) is 0 Å². The zero-order chi connectivity index (χ0) is 19.4. The monoisotopic (exact) mass is 370 g/mol. The van der Waals surface area contributed by atoms with Gasteiger partial charge in [0.2, 0.25) is 0 Å². The summed E-state index contributed by atoms with van der Waals surface area (Å²) in [6.07, 6.45) is 1.80. The van der Waals surface area contributed by atoms with E-state index in [1.54, 1.807) is 0 Å². The highest BCUT2D eigenvalue weighted by molar-refractivity contribution is 6.61. The molecule has 1 heterocycles. The quantitative estimate of drug-likeness (QED) is 0.575. The number of hydrogen-bond donors (Lipinski definition) is 0. The van der Waals surface area contributed by atoms with E-state index in [9.17, 15) is 0 Å². The Hall–Kier alpha value is -2.36. The van der Waals surface area contributed by atoms with Gasteiger partial charge in [-0.1, -0.05) is 105 Å². The van der Waals surface area contributed by atoms with Crippen molar-refractivity contribution in [3.8, 4) is 0 Å². The Morgan fingerprint density at radius 2 is 1.39 bits per heavy atom. The number of benzene rings is 3. The fourth-order valence-corrected chi connectivity index (χ4v) is 4.32. The average molecular weight is 370 g/mol. The van der Waals surface area contributed by atoms with Crippen molar-refractivity contribution in [1.82, 2.24) is 0 Å². The van der Waals surface area contributed by atoms with Crippen molar-refractivity contribution in [3.63, 3.8) is 0 Å². The van der Waals surface area contributed by atoms with Crippen molar-refractivity contribution in [2.45, 2.75) is 38.4 Å². The molecule has 0 aliphatic carbocycles. The van der Waals surface area contributed by atoms with Gasteiger partial charge in [0.25, 0.3) is 0 Å². The molecule has 142 valence electrons. The van der Waals surface area contributed by atoms with Gasteiger partial charge < -0.3 is 9.31 Å². The summed E-state index contributed by atoms with van der Waals surface area (Å²) in [5.41, 5.74) is 3.30. The second-order valence-electron chi connectivity index (χ2n) is 7.70. The van der Waals surface area contributed by atoms with Crippen LogP contribution in [-0.2, 0) is 15.7 Å². The summed E-state index contributed by atoms with van der Waals surface area (Å²) in [4.78, 5) is 0. The van der Waals surface area contributed by atoms with Crippen LogP contribution >= 0.6 is 0 Å². The lowest BCUT2D eigenvalue weighted by atomic mass is 9.68. The van der Waals surface area contributed by atoms with E-state index >= 15 is 0 Å². The number of hydrogen-bond acceptors (Lipinski definition) is 2. The van der Waals surface area contributed by atoms with E-state index in [1.165, 1.54) is 11.1 Å². The Morgan fingerprint density at radius 1 is 0.821 bits per heavy atom. The third kappa shape index (κ3) is 3.78. The smallest absolute Gasteiger partial charge is 0.401 e. The summed E-state index contributed by atoms with van der Waals surface area (Å²) in [7, 11) is -0.369. The molecule has 28 heavy (non-hydrogen) atoms. The third-order valence-electron chi connectivity index (χ3n) is 6.04. The molecule has 0 unspecified atom stereocenters. The first-order valence-electron chi connectivity index (χ1n) is 10.2. The summed E-state index contributed by atoms with van der Waals surface area (Å²) < 4.78 is 13.3. The van der Waals surface area contributed by atoms with E-state index < -0.39 is 0 Å². The molecule has 1 saturated heterocycles. The van der Waals surface area contributed by atoms with Gasteiger partial charge in [0, 0.05) is 12.3 Å². The van der Waals surface area contributed by atoms with Crippen LogP contribution in [0.2, 0.25) is 0 Å². The highest BCUT2D eigenvalue weighted by atomic mass is 16.6. The Bertz CT molecular complexity index is 869. The molecule has 0 aromatic heterocycles. The summed E-state index contributed by atoms with van der Waals surface area (Å²) in [6, 6.07) is 31.5. The van der Waals surface area contributed by atoms with Gasteiger partial charge in [0.1, 0.15) is 0 Å². The maximum absolute atomic E-state index is 6.75. The van der Waals surface area contributed by atoms with Crippen LogP contribution in [0.3, 0.4) is 0 Å². The minimum atomic E-state index is -0.369. The van der Waals surface area contributed by atoms with Crippen LogP contribution in [0.25, 0.3) is 0 Å². The molecule has 3 atom stereocenters. The van der Waals surface area contributed by atoms with Crippen LogP contribution in [0.4, 0.5) is 0 Å². The Morgan fingerprint density at radius 3 is 2.00 bits per heavy atom. The van der Waals surface area contributed by atoms with Crippen molar-refractivity contribution < 1.29 is 9.31 Å². The zero-order valence-electron chi connectivity index (χ0n) is 16.6. The van der Waals surface area contributed by atoms with E-state index in [2.05, 4.69) is 86.6 Å². The summed E-state index contributed by atoms with van der Waals surface area (Å²) >= 11 is 0. The van der Waals surface area contributed by atoms with Crippen LogP contribution in [0.15, 0.2) is 91.0 Å². The minimum absolute atomic E-state index is 0.0104. The van der Waals surface area contributed by atoms with Gasteiger partial charge in [0.15, 0.2) is 0 Å². The summed E-state index contributed by atoms with van der Waals surface area (Å²) in [5, 5.41) is 0. The summed E-state index contributed by atoms with van der Waals surface area (Å²) in [6.45, 7) is 4.50. The maximum atomic E-state index is 6.75. The van der Waals surface area contributed by atoms with Gasteiger partial charge in [-0.05, 0) is 23.0 Å². The average Bonchev–Trinajstić information content (AvgIpc) is 2.77. The van der Waals surface area contributed by atoms with E-state index in [0.717, 1.165) is 18.3 Å². The second-order valence-corrected chi connectivity index (χ2v) is 7.70. The molecule has 1 fully saturated rings.